The second-order valence-electron chi connectivity index (χ2n) is 2.19. The summed E-state index contributed by atoms with van der Waals surface area (Å²) in [4.78, 5) is 0. The Labute approximate surface area is 97.7 Å². The van der Waals surface area contributed by atoms with E-state index in [2.05, 4.69) is 0 Å². The normalized spacial score (nSPS) is 8.00. The van der Waals surface area contributed by atoms with Gasteiger partial charge in [0, 0.05) is 61.1 Å². The van der Waals surface area contributed by atoms with Gasteiger partial charge in [-0.1, -0.05) is 0 Å². The number of hydrogen-bond acceptors (Lipinski definition) is 2. The first-order valence-corrected chi connectivity index (χ1v) is 2.83. The molecule has 0 saturated heterocycles. The number of rotatable bonds is 0. The molecule has 0 spiro atoms. The topological polar surface area (TPSA) is 40.5 Å². The van der Waals surface area contributed by atoms with Crippen molar-refractivity contribution in [3.05, 3.63) is 0 Å². The van der Waals surface area contributed by atoms with Gasteiger partial charge in [0.05, 0.1) is 0 Å². The van der Waals surface area contributed by atoms with Gasteiger partial charge >= 0.3 is 0 Å². The van der Waals surface area contributed by atoms with E-state index >= 15 is 0 Å². The summed E-state index contributed by atoms with van der Waals surface area (Å²) in [5.74, 6) is 0. The van der Waals surface area contributed by atoms with Crippen LogP contribution in [-0.4, -0.2) is 71.3 Å². The molecule has 2 nitrogen and oxygen atoms in total. The quantitative estimate of drug-likeness (QED) is 0.617. The van der Waals surface area contributed by atoms with Crippen molar-refractivity contribution in [2.75, 3.05) is 0 Å². The third-order valence-corrected chi connectivity index (χ3v) is 0. The van der Waals surface area contributed by atoms with E-state index in [9.17, 15) is 0 Å². The monoisotopic (exact) mass is 258 g/mol. The van der Waals surface area contributed by atoms with E-state index in [4.69, 9.17) is 10.2 Å². The summed E-state index contributed by atoms with van der Waals surface area (Å²) in [5, 5.41) is 16.1. The van der Waals surface area contributed by atoms with Gasteiger partial charge in [0.25, 0.3) is 0 Å². The summed E-state index contributed by atoms with van der Waals surface area (Å²) < 4.78 is 0. The maximum Gasteiger partial charge on any atom is 0.0483 e. The van der Waals surface area contributed by atoms with Crippen LogP contribution in [0.4, 0.5) is 0 Å². The molecule has 2 radical (unpaired) electrons. The van der Waals surface area contributed by atoms with Crippen molar-refractivity contribution in [2.24, 2.45) is 0 Å². The zero-order valence-corrected chi connectivity index (χ0v) is 11.2. The van der Waals surface area contributed by atoms with E-state index in [0.29, 0.717) is 0 Å². The van der Waals surface area contributed by atoms with Crippen molar-refractivity contribution >= 4 is 48.9 Å². The average molecular weight is 258 g/mol. The molecule has 0 aromatic rings. The molecule has 0 aliphatic heterocycles. The predicted molar refractivity (Wildman–Crippen MR) is 40.5 cm³/mol. The molecule has 9 heavy (non-hydrogen) atoms. The van der Waals surface area contributed by atoms with Crippen LogP contribution < -0.4 is 0 Å². The van der Waals surface area contributed by atoms with Crippen LogP contribution in [0.2, 0.25) is 0 Å². The summed E-state index contributed by atoms with van der Waals surface area (Å²) >= 11 is 0. The fraction of sp³-hybridized carbons (Fsp3) is 1.00. The van der Waals surface area contributed by atoms with Crippen molar-refractivity contribution in [3.8, 4) is 0 Å². The Morgan fingerprint density at radius 2 is 0.778 bits per heavy atom. The van der Waals surface area contributed by atoms with Gasteiger partial charge in [0.1, 0.15) is 0 Å². The smallest absolute Gasteiger partial charge is 0.0483 e. The zero-order chi connectivity index (χ0) is 7.15. The fourth-order valence-corrected chi connectivity index (χ4v) is 0. The second-order valence-corrected chi connectivity index (χ2v) is 2.19. The minimum absolute atomic E-state index is 0. The summed E-state index contributed by atoms with van der Waals surface area (Å²) in [6, 6.07) is 0. The molecular weight excluding hydrogens is 241 g/mol. The standard InChI is InChI=1S/2C3H8O.Ba/c2*1-3(2)4;/h2*3-4H,1-2H3;. The zero-order valence-electron chi connectivity index (χ0n) is 6.76. The number of aliphatic hydroxyl groups is 2. The van der Waals surface area contributed by atoms with E-state index in [1.54, 1.807) is 27.7 Å². The molecule has 0 atom stereocenters. The van der Waals surface area contributed by atoms with Crippen molar-refractivity contribution in [3.63, 3.8) is 0 Å². The van der Waals surface area contributed by atoms with Crippen LogP contribution in [-0.2, 0) is 0 Å². The summed E-state index contributed by atoms with van der Waals surface area (Å²) in [6.45, 7) is 6.89. The van der Waals surface area contributed by atoms with Crippen LogP contribution in [0.1, 0.15) is 27.7 Å². The van der Waals surface area contributed by atoms with Crippen LogP contribution >= 0.6 is 0 Å². The molecule has 54 valence electrons. The summed E-state index contributed by atoms with van der Waals surface area (Å²) in [6.07, 6.45) is -0.333. The van der Waals surface area contributed by atoms with Crippen LogP contribution in [0.15, 0.2) is 0 Å². The third-order valence-electron chi connectivity index (χ3n) is 0. The molecule has 0 fully saturated rings. The Hall–Kier alpha value is 1.49. The van der Waals surface area contributed by atoms with Gasteiger partial charge in [-0.25, -0.2) is 0 Å². The van der Waals surface area contributed by atoms with Gasteiger partial charge < -0.3 is 10.2 Å². The minimum Gasteiger partial charge on any atom is -0.394 e. The van der Waals surface area contributed by atoms with Gasteiger partial charge in [0.15, 0.2) is 0 Å². The first-order valence-electron chi connectivity index (χ1n) is 2.83. The molecule has 0 rings (SSSR count). The summed E-state index contributed by atoms with van der Waals surface area (Å²) in [7, 11) is 0. The predicted octanol–water partition coefficient (Wildman–Crippen LogP) is 0.393. The van der Waals surface area contributed by atoms with Crippen molar-refractivity contribution in [2.45, 2.75) is 39.9 Å². The maximum atomic E-state index is 8.06. The van der Waals surface area contributed by atoms with E-state index in [1.165, 1.54) is 0 Å². The molecular formula is C6H16BaO2. The Morgan fingerprint density at radius 3 is 0.778 bits per heavy atom. The molecule has 0 aromatic heterocycles. The van der Waals surface area contributed by atoms with E-state index < -0.39 is 0 Å². The van der Waals surface area contributed by atoms with Gasteiger partial charge in [-0.15, -0.1) is 0 Å². The number of aliphatic hydroxyl groups excluding tert-OH is 2. The Morgan fingerprint density at radius 1 is 0.778 bits per heavy atom. The van der Waals surface area contributed by atoms with E-state index in [1.807, 2.05) is 0 Å². The third kappa shape index (κ3) is 239. The summed E-state index contributed by atoms with van der Waals surface area (Å²) in [5.41, 5.74) is 0. The average Bonchev–Trinajstić information content (AvgIpc) is 1.25. The molecule has 0 bridgehead atoms. The van der Waals surface area contributed by atoms with Crippen LogP contribution in [0.3, 0.4) is 0 Å². The fourth-order valence-electron chi connectivity index (χ4n) is 0. The first kappa shape index (κ1) is 16.8. The Bertz CT molecular complexity index is 26.5. The second kappa shape index (κ2) is 12.2. The molecule has 0 aliphatic carbocycles. The van der Waals surface area contributed by atoms with Crippen LogP contribution in [0.5, 0.6) is 0 Å². The van der Waals surface area contributed by atoms with E-state index in [0.717, 1.165) is 0 Å². The molecule has 0 unspecified atom stereocenters. The van der Waals surface area contributed by atoms with Crippen molar-refractivity contribution in [1.29, 1.82) is 0 Å². The molecule has 3 heteroatoms. The van der Waals surface area contributed by atoms with Gasteiger partial charge in [-0.05, 0) is 27.7 Å². The van der Waals surface area contributed by atoms with Crippen LogP contribution in [0, 0.1) is 0 Å². The molecule has 0 amide bonds. The molecule has 0 saturated carbocycles. The van der Waals surface area contributed by atoms with Crippen molar-refractivity contribution < 1.29 is 10.2 Å². The van der Waals surface area contributed by atoms with Crippen molar-refractivity contribution in [1.82, 2.24) is 0 Å². The first-order chi connectivity index (χ1) is 3.46. The van der Waals surface area contributed by atoms with Crippen LogP contribution in [0.25, 0.3) is 0 Å². The maximum absolute atomic E-state index is 8.06. The van der Waals surface area contributed by atoms with Gasteiger partial charge in [-0.2, -0.15) is 0 Å². The Kier molecular flexibility index (Phi) is 22.8. The largest absolute Gasteiger partial charge is 0.394 e. The molecule has 0 aliphatic rings. The van der Waals surface area contributed by atoms with Gasteiger partial charge in [-0.3, -0.25) is 0 Å². The Balaban J connectivity index is -0.0000000720. The minimum atomic E-state index is -0.167. The molecule has 0 heterocycles. The van der Waals surface area contributed by atoms with Gasteiger partial charge in [0.2, 0.25) is 0 Å². The van der Waals surface area contributed by atoms with E-state index in [-0.39, 0.29) is 61.1 Å². The molecule has 2 N–H and O–H groups in total. The number of hydrogen-bond donors (Lipinski definition) is 2. The SMILES string of the molecule is CC(C)O.CC(C)O.[Ba]. The molecule has 0 aromatic carbocycles.